The Balaban J connectivity index is 0.000000671. The summed E-state index contributed by atoms with van der Waals surface area (Å²) in [6.45, 7) is 9.04. The molecule has 1 saturated heterocycles. The summed E-state index contributed by atoms with van der Waals surface area (Å²) < 4.78 is 0. The average Bonchev–Trinajstić information content (AvgIpc) is 2.53. The molecule has 0 spiro atoms. The summed E-state index contributed by atoms with van der Waals surface area (Å²) in [6, 6.07) is 0.554. The zero-order valence-corrected chi connectivity index (χ0v) is 9.42. The lowest BCUT2D eigenvalue weighted by Gasteiger charge is -2.25. The Kier molecular flexibility index (Phi) is 5.71. The van der Waals surface area contributed by atoms with Crippen LogP contribution in [0.2, 0.25) is 0 Å². The summed E-state index contributed by atoms with van der Waals surface area (Å²) in [5, 5.41) is 2.82. The van der Waals surface area contributed by atoms with Gasteiger partial charge in [0.25, 0.3) is 0 Å². The Hall–Kier alpha value is -0.570. The van der Waals surface area contributed by atoms with Crippen molar-refractivity contribution in [3.8, 4) is 0 Å². The number of hydrogen-bond acceptors (Lipinski definition) is 2. The molecule has 1 unspecified atom stereocenters. The van der Waals surface area contributed by atoms with Gasteiger partial charge in [-0.15, -0.1) is 0 Å². The van der Waals surface area contributed by atoms with Crippen LogP contribution in [0.1, 0.15) is 34.1 Å². The minimum Gasteiger partial charge on any atom is -0.355 e. The van der Waals surface area contributed by atoms with E-state index in [0.717, 1.165) is 13.0 Å². The lowest BCUT2D eigenvalue weighted by Crippen LogP contribution is -2.41. The molecule has 0 radical (unpaired) electrons. The fourth-order valence-electron chi connectivity index (χ4n) is 1.33. The Morgan fingerprint density at radius 3 is 2.31 bits per heavy atom. The topological polar surface area (TPSA) is 32.3 Å². The van der Waals surface area contributed by atoms with E-state index in [0.29, 0.717) is 6.04 Å². The third-order valence-corrected chi connectivity index (χ3v) is 2.33. The first-order valence-electron chi connectivity index (χ1n) is 5.12. The fraction of sp³-hybridized carbons (Fsp3) is 0.900. The van der Waals surface area contributed by atoms with Crippen LogP contribution in [0, 0.1) is 0 Å². The van der Waals surface area contributed by atoms with E-state index in [1.807, 2.05) is 20.9 Å². The van der Waals surface area contributed by atoms with Gasteiger partial charge < -0.3 is 5.32 Å². The quantitative estimate of drug-likeness (QED) is 0.703. The number of rotatable bonds is 2. The zero-order valence-electron chi connectivity index (χ0n) is 9.42. The molecule has 1 N–H and O–H groups in total. The first-order valence-corrected chi connectivity index (χ1v) is 5.12. The molecule has 13 heavy (non-hydrogen) atoms. The van der Waals surface area contributed by atoms with Gasteiger partial charge in [-0.2, -0.15) is 0 Å². The monoisotopic (exact) mass is 186 g/mol. The van der Waals surface area contributed by atoms with Crippen molar-refractivity contribution in [3.05, 3.63) is 0 Å². The van der Waals surface area contributed by atoms with E-state index < -0.39 is 0 Å². The van der Waals surface area contributed by atoms with E-state index in [1.165, 1.54) is 0 Å². The SMILES string of the molecule is CC.CC(C)N(C)C1CCNC1=O. The van der Waals surface area contributed by atoms with Gasteiger partial charge in [-0.3, -0.25) is 9.69 Å². The molecular weight excluding hydrogens is 164 g/mol. The standard InChI is InChI=1S/C8H16N2O.C2H6/c1-6(2)10(3)7-4-5-9-8(7)11;1-2/h6-7H,4-5H2,1-3H3,(H,9,11);1-2H3. The molecule has 1 aliphatic heterocycles. The van der Waals surface area contributed by atoms with E-state index in [-0.39, 0.29) is 11.9 Å². The Morgan fingerprint density at radius 2 is 2.00 bits per heavy atom. The van der Waals surface area contributed by atoms with Crippen LogP contribution in [0.5, 0.6) is 0 Å². The second-order valence-electron chi connectivity index (χ2n) is 3.35. The maximum Gasteiger partial charge on any atom is 0.237 e. The highest BCUT2D eigenvalue weighted by Crippen LogP contribution is 2.10. The van der Waals surface area contributed by atoms with Crippen molar-refractivity contribution in [2.24, 2.45) is 0 Å². The Morgan fingerprint density at radius 1 is 1.46 bits per heavy atom. The molecule has 1 rings (SSSR count). The number of carbonyl (C=O) groups excluding carboxylic acids is 1. The number of hydrogen-bond donors (Lipinski definition) is 1. The van der Waals surface area contributed by atoms with Gasteiger partial charge in [0.05, 0.1) is 6.04 Å². The normalized spacial score (nSPS) is 21.5. The van der Waals surface area contributed by atoms with Crippen LogP contribution < -0.4 is 5.32 Å². The second-order valence-corrected chi connectivity index (χ2v) is 3.35. The third-order valence-electron chi connectivity index (χ3n) is 2.33. The van der Waals surface area contributed by atoms with Crippen LogP contribution in [0.3, 0.4) is 0 Å². The molecule has 1 amide bonds. The second kappa shape index (κ2) is 5.97. The van der Waals surface area contributed by atoms with Crippen LogP contribution in [0.4, 0.5) is 0 Å². The molecule has 0 aromatic carbocycles. The predicted molar refractivity (Wildman–Crippen MR) is 55.7 cm³/mol. The van der Waals surface area contributed by atoms with Crippen LogP contribution in [-0.4, -0.2) is 36.5 Å². The molecule has 3 nitrogen and oxygen atoms in total. The largest absolute Gasteiger partial charge is 0.355 e. The molecule has 1 heterocycles. The molecule has 78 valence electrons. The van der Waals surface area contributed by atoms with E-state index in [9.17, 15) is 4.79 Å². The summed E-state index contributed by atoms with van der Waals surface area (Å²) >= 11 is 0. The van der Waals surface area contributed by atoms with E-state index in [4.69, 9.17) is 0 Å². The summed E-state index contributed by atoms with van der Waals surface area (Å²) in [4.78, 5) is 13.3. The Labute approximate surface area is 81.5 Å². The molecule has 3 heteroatoms. The maximum absolute atomic E-state index is 11.2. The van der Waals surface area contributed by atoms with Crippen LogP contribution in [-0.2, 0) is 4.79 Å². The molecule has 1 atom stereocenters. The number of likely N-dealkylation sites (N-methyl/N-ethyl adjacent to an activating group) is 1. The highest BCUT2D eigenvalue weighted by atomic mass is 16.2. The molecule has 0 bridgehead atoms. The van der Waals surface area contributed by atoms with Gasteiger partial charge in [-0.05, 0) is 27.3 Å². The number of carbonyl (C=O) groups is 1. The molecule has 0 aromatic heterocycles. The van der Waals surface area contributed by atoms with E-state index in [2.05, 4.69) is 24.1 Å². The first kappa shape index (κ1) is 12.4. The molecule has 1 aliphatic rings. The minimum absolute atomic E-state index is 0.106. The highest BCUT2D eigenvalue weighted by Gasteiger charge is 2.28. The van der Waals surface area contributed by atoms with Crippen molar-refractivity contribution in [1.29, 1.82) is 0 Å². The van der Waals surface area contributed by atoms with E-state index in [1.54, 1.807) is 0 Å². The lowest BCUT2D eigenvalue weighted by atomic mass is 10.2. The smallest absolute Gasteiger partial charge is 0.237 e. The van der Waals surface area contributed by atoms with Gasteiger partial charge in [0.15, 0.2) is 0 Å². The van der Waals surface area contributed by atoms with Gasteiger partial charge >= 0.3 is 0 Å². The van der Waals surface area contributed by atoms with Crippen molar-refractivity contribution in [3.63, 3.8) is 0 Å². The van der Waals surface area contributed by atoms with Crippen LogP contribution >= 0.6 is 0 Å². The highest BCUT2D eigenvalue weighted by molar-refractivity contribution is 5.83. The number of nitrogens with one attached hydrogen (secondary N) is 1. The summed E-state index contributed by atoms with van der Waals surface area (Å²) in [7, 11) is 2.00. The zero-order chi connectivity index (χ0) is 10.4. The average molecular weight is 186 g/mol. The molecule has 1 fully saturated rings. The fourth-order valence-corrected chi connectivity index (χ4v) is 1.33. The first-order chi connectivity index (χ1) is 6.13. The molecule has 0 aliphatic carbocycles. The molecular formula is C10H22N2O. The van der Waals surface area contributed by atoms with Gasteiger partial charge in [0.1, 0.15) is 0 Å². The van der Waals surface area contributed by atoms with Gasteiger partial charge in [0, 0.05) is 12.6 Å². The predicted octanol–water partition coefficient (Wildman–Crippen LogP) is 1.24. The summed E-state index contributed by atoms with van der Waals surface area (Å²) in [6.07, 6.45) is 0.952. The maximum atomic E-state index is 11.2. The minimum atomic E-state index is 0.106. The van der Waals surface area contributed by atoms with Gasteiger partial charge in [-0.25, -0.2) is 0 Å². The molecule has 0 saturated carbocycles. The van der Waals surface area contributed by atoms with Crippen molar-refractivity contribution in [2.75, 3.05) is 13.6 Å². The Bertz CT molecular complexity index is 157. The van der Waals surface area contributed by atoms with Gasteiger partial charge in [0.2, 0.25) is 5.91 Å². The van der Waals surface area contributed by atoms with Crippen LogP contribution in [0.25, 0.3) is 0 Å². The molecule has 0 aromatic rings. The lowest BCUT2D eigenvalue weighted by molar-refractivity contribution is -0.123. The van der Waals surface area contributed by atoms with Crippen molar-refractivity contribution >= 4 is 5.91 Å². The summed E-state index contributed by atoms with van der Waals surface area (Å²) in [5.74, 6) is 0.182. The van der Waals surface area contributed by atoms with Crippen molar-refractivity contribution in [1.82, 2.24) is 10.2 Å². The van der Waals surface area contributed by atoms with Crippen LogP contribution in [0.15, 0.2) is 0 Å². The van der Waals surface area contributed by atoms with Crippen molar-refractivity contribution in [2.45, 2.75) is 46.2 Å². The van der Waals surface area contributed by atoms with E-state index >= 15 is 0 Å². The summed E-state index contributed by atoms with van der Waals surface area (Å²) in [5.41, 5.74) is 0. The third kappa shape index (κ3) is 3.35. The number of nitrogens with zero attached hydrogens (tertiary/aromatic N) is 1. The van der Waals surface area contributed by atoms with Gasteiger partial charge in [-0.1, -0.05) is 13.8 Å². The number of amides is 1. The van der Waals surface area contributed by atoms with Crippen molar-refractivity contribution < 1.29 is 4.79 Å².